The van der Waals surface area contributed by atoms with Crippen LogP contribution in [0.5, 0.6) is 0 Å². The van der Waals surface area contributed by atoms with E-state index in [-0.39, 0.29) is 42.0 Å². The first kappa shape index (κ1) is 23.9. The van der Waals surface area contributed by atoms with Gasteiger partial charge in [-0.25, -0.2) is 4.63 Å². The van der Waals surface area contributed by atoms with Crippen molar-refractivity contribution in [3.05, 3.63) is 52.1 Å². The SMILES string of the molecule is CC(c1ccccc1)N(c1cc(N(C)CCO)c([N+](=O)[O-])c2nonc12)C1CCOC(C)(C)C1. The van der Waals surface area contributed by atoms with E-state index < -0.39 is 4.92 Å². The molecule has 2 heterocycles. The van der Waals surface area contributed by atoms with Crippen molar-refractivity contribution >= 4 is 28.1 Å². The van der Waals surface area contributed by atoms with Gasteiger partial charge in [-0.15, -0.1) is 0 Å². The monoisotopic (exact) mass is 469 g/mol. The van der Waals surface area contributed by atoms with E-state index in [1.54, 1.807) is 18.0 Å². The van der Waals surface area contributed by atoms with Crippen LogP contribution in [0.4, 0.5) is 17.1 Å². The maximum atomic E-state index is 12.0. The number of aromatic nitrogens is 2. The number of ether oxygens (including phenoxy) is 1. The number of fused-ring (bicyclic) bond motifs is 1. The second-order valence-electron chi connectivity index (χ2n) is 9.38. The highest BCUT2D eigenvalue weighted by Crippen LogP contribution is 2.44. The van der Waals surface area contributed by atoms with Crippen LogP contribution in [0.1, 0.15) is 45.2 Å². The molecule has 182 valence electrons. The van der Waals surface area contributed by atoms with E-state index in [9.17, 15) is 15.2 Å². The van der Waals surface area contributed by atoms with Gasteiger partial charge in [-0.3, -0.25) is 10.1 Å². The Morgan fingerprint density at radius 2 is 1.94 bits per heavy atom. The predicted molar refractivity (Wildman–Crippen MR) is 129 cm³/mol. The lowest BCUT2D eigenvalue weighted by Gasteiger charge is -2.45. The molecule has 0 amide bonds. The van der Waals surface area contributed by atoms with Crippen LogP contribution in [0.2, 0.25) is 0 Å². The maximum absolute atomic E-state index is 12.0. The molecule has 1 aliphatic heterocycles. The molecular weight excluding hydrogens is 438 g/mol. The molecule has 1 aromatic heterocycles. The van der Waals surface area contributed by atoms with Crippen molar-refractivity contribution in [2.75, 3.05) is 36.6 Å². The first-order valence-electron chi connectivity index (χ1n) is 11.5. The number of aliphatic hydroxyl groups is 1. The maximum Gasteiger partial charge on any atom is 0.323 e. The fourth-order valence-electron chi connectivity index (χ4n) is 4.89. The van der Waals surface area contributed by atoms with Crippen molar-refractivity contribution in [3.63, 3.8) is 0 Å². The van der Waals surface area contributed by atoms with Gasteiger partial charge in [0.1, 0.15) is 5.69 Å². The molecule has 1 saturated heterocycles. The van der Waals surface area contributed by atoms with E-state index in [0.29, 0.717) is 23.5 Å². The zero-order chi connectivity index (χ0) is 24.5. The molecule has 0 bridgehead atoms. The molecule has 0 radical (unpaired) electrons. The largest absolute Gasteiger partial charge is 0.395 e. The summed E-state index contributed by atoms with van der Waals surface area (Å²) in [6, 6.07) is 11.9. The van der Waals surface area contributed by atoms with Crippen molar-refractivity contribution in [2.45, 2.75) is 51.3 Å². The number of likely N-dealkylation sites (N-methyl/N-ethyl adjacent to an activating group) is 1. The Balaban J connectivity index is 1.94. The third-order valence-corrected chi connectivity index (χ3v) is 6.54. The number of nitro benzene ring substituents is 1. The smallest absolute Gasteiger partial charge is 0.323 e. The van der Waals surface area contributed by atoms with Gasteiger partial charge in [0.25, 0.3) is 0 Å². The van der Waals surface area contributed by atoms with Gasteiger partial charge in [0.05, 0.1) is 28.9 Å². The standard InChI is InChI=1S/C24H31N5O5/c1-16(17-8-6-5-7-9-17)28(18-10-13-33-24(2,3)15-18)19-14-20(27(4)11-12-30)23(29(31)32)22-21(19)25-34-26-22/h5-9,14,16,18,30H,10-13,15H2,1-4H3. The summed E-state index contributed by atoms with van der Waals surface area (Å²) in [5.41, 5.74) is 2.12. The van der Waals surface area contributed by atoms with Crippen molar-refractivity contribution in [2.24, 2.45) is 0 Å². The third-order valence-electron chi connectivity index (χ3n) is 6.54. The Labute approximate surface area is 198 Å². The molecule has 4 rings (SSSR count). The summed E-state index contributed by atoms with van der Waals surface area (Å²) < 4.78 is 11.0. The Morgan fingerprint density at radius 1 is 1.24 bits per heavy atom. The van der Waals surface area contributed by atoms with E-state index in [4.69, 9.17) is 9.37 Å². The summed E-state index contributed by atoms with van der Waals surface area (Å²) in [5, 5.41) is 29.6. The van der Waals surface area contributed by atoms with Gasteiger partial charge in [-0.05, 0) is 55.6 Å². The van der Waals surface area contributed by atoms with E-state index in [2.05, 4.69) is 48.1 Å². The molecule has 1 fully saturated rings. The fraction of sp³-hybridized carbons (Fsp3) is 0.500. The lowest BCUT2D eigenvalue weighted by molar-refractivity contribution is -0.382. The topological polar surface area (TPSA) is 118 Å². The van der Waals surface area contributed by atoms with Crippen LogP contribution < -0.4 is 9.80 Å². The van der Waals surface area contributed by atoms with Crippen molar-refractivity contribution < 1.29 is 19.4 Å². The van der Waals surface area contributed by atoms with Gasteiger partial charge in [-0.2, -0.15) is 0 Å². The number of hydrogen-bond acceptors (Lipinski definition) is 9. The number of nitro groups is 1. The number of benzene rings is 2. The summed E-state index contributed by atoms with van der Waals surface area (Å²) in [7, 11) is 1.71. The van der Waals surface area contributed by atoms with Gasteiger partial charge in [0.15, 0.2) is 5.52 Å². The van der Waals surface area contributed by atoms with E-state index in [1.165, 1.54) is 0 Å². The zero-order valence-corrected chi connectivity index (χ0v) is 20.0. The van der Waals surface area contributed by atoms with Gasteiger partial charge in [0.2, 0.25) is 5.52 Å². The summed E-state index contributed by atoms with van der Waals surface area (Å²) in [5.74, 6) is 0. The molecule has 34 heavy (non-hydrogen) atoms. The fourth-order valence-corrected chi connectivity index (χ4v) is 4.89. The number of hydrogen-bond donors (Lipinski definition) is 1. The lowest BCUT2D eigenvalue weighted by Crippen LogP contribution is -2.47. The lowest BCUT2D eigenvalue weighted by atomic mass is 9.90. The van der Waals surface area contributed by atoms with Crippen molar-refractivity contribution in [1.29, 1.82) is 0 Å². The van der Waals surface area contributed by atoms with Crippen LogP contribution in [0.15, 0.2) is 41.0 Å². The molecule has 3 aromatic rings. The van der Waals surface area contributed by atoms with Gasteiger partial charge >= 0.3 is 5.69 Å². The molecular formula is C24H31N5O5. The minimum atomic E-state index is -0.470. The van der Waals surface area contributed by atoms with Crippen LogP contribution in [-0.4, -0.2) is 58.8 Å². The molecule has 2 unspecified atom stereocenters. The van der Waals surface area contributed by atoms with Crippen LogP contribution in [0.3, 0.4) is 0 Å². The minimum absolute atomic E-state index is 0.0579. The Kier molecular flexibility index (Phi) is 6.72. The predicted octanol–water partition coefficient (Wildman–Crippen LogP) is 4.08. The molecule has 0 spiro atoms. The Morgan fingerprint density at radius 3 is 2.59 bits per heavy atom. The molecule has 2 aromatic carbocycles. The molecule has 10 nitrogen and oxygen atoms in total. The average Bonchev–Trinajstić information content (AvgIpc) is 3.28. The summed E-state index contributed by atoms with van der Waals surface area (Å²) in [6.45, 7) is 6.98. The first-order chi connectivity index (χ1) is 16.2. The number of rotatable bonds is 8. The highest BCUT2D eigenvalue weighted by Gasteiger charge is 2.38. The highest BCUT2D eigenvalue weighted by atomic mass is 16.6. The molecule has 0 saturated carbocycles. The Hall–Kier alpha value is -3.24. The molecule has 1 N–H and O–H groups in total. The van der Waals surface area contributed by atoms with E-state index >= 15 is 0 Å². The van der Waals surface area contributed by atoms with Crippen LogP contribution in [0.25, 0.3) is 11.0 Å². The Bertz CT molecular complexity index is 1150. The normalized spacial score (nSPS) is 18.6. The van der Waals surface area contributed by atoms with Crippen molar-refractivity contribution in [3.8, 4) is 0 Å². The van der Waals surface area contributed by atoms with E-state index in [0.717, 1.165) is 18.4 Å². The van der Waals surface area contributed by atoms with E-state index in [1.807, 2.05) is 18.2 Å². The molecule has 0 aliphatic carbocycles. The van der Waals surface area contributed by atoms with Gasteiger partial charge < -0.3 is 19.6 Å². The van der Waals surface area contributed by atoms with Crippen LogP contribution in [-0.2, 0) is 4.74 Å². The minimum Gasteiger partial charge on any atom is -0.395 e. The summed E-state index contributed by atoms with van der Waals surface area (Å²) in [6.07, 6.45) is 1.57. The molecule has 2 atom stereocenters. The number of anilines is 2. The van der Waals surface area contributed by atoms with Crippen molar-refractivity contribution in [1.82, 2.24) is 10.3 Å². The number of aliphatic hydroxyl groups excluding tert-OH is 1. The zero-order valence-electron chi connectivity index (χ0n) is 20.0. The molecule has 10 heteroatoms. The second kappa shape index (κ2) is 9.55. The second-order valence-corrected chi connectivity index (χ2v) is 9.38. The summed E-state index contributed by atoms with van der Waals surface area (Å²) >= 11 is 0. The summed E-state index contributed by atoms with van der Waals surface area (Å²) in [4.78, 5) is 15.5. The van der Waals surface area contributed by atoms with Gasteiger partial charge in [0, 0.05) is 26.2 Å². The molecule has 1 aliphatic rings. The van der Waals surface area contributed by atoms with Gasteiger partial charge in [-0.1, -0.05) is 30.3 Å². The van der Waals surface area contributed by atoms with Crippen LogP contribution >= 0.6 is 0 Å². The quantitative estimate of drug-likeness (QED) is 0.384. The number of nitrogens with zero attached hydrogens (tertiary/aromatic N) is 5. The highest BCUT2D eigenvalue weighted by molar-refractivity contribution is 6.00. The first-order valence-corrected chi connectivity index (χ1v) is 11.5. The average molecular weight is 470 g/mol. The van der Waals surface area contributed by atoms with Crippen LogP contribution in [0, 0.1) is 10.1 Å². The third kappa shape index (κ3) is 4.55.